The van der Waals surface area contributed by atoms with Crippen molar-refractivity contribution < 1.29 is 14.7 Å². The summed E-state index contributed by atoms with van der Waals surface area (Å²) >= 11 is 0. The van der Waals surface area contributed by atoms with Crippen LogP contribution in [0, 0.1) is 5.92 Å². The number of carboxylic acids is 1. The predicted molar refractivity (Wildman–Crippen MR) is 87.0 cm³/mol. The maximum Gasteiger partial charge on any atom is 0.327 e. The summed E-state index contributed by atoms with van der Waals surface area (Å²) in [6.45, 7) is 0. The van der Waals surface area contributed by atoms with Gasteiger partial charge in [0.05, 0.1) is 0 Å². The molecule has 23 heavy (non-hydrogen) atoms. The van der Waals surface area contributed by atoms with E-state index in [-0.39, 0.29) is 11.8 Å². The van der Waals surface area contributed by atoms with Gasteiger partial charge in [0.25, 0.3) is 0 Å². The van der Waals surface area contributed by atoms with E-state index in [9.17, 15) is 14.7 Å². The molecule has 0 radical (unpaired) electrons. The van der Waals surface area contributed by atoms with Gasteiger partial charge in [-0.25, -0.2) is 4.79 Å². The van der Waals surface area contributed by atoms with Gasteiger partial charge in [0.1, 0.15) is 6.04 Å². The van der Waals surface area contributed by atoms with Crippen molar-refractivity contribution in [3.8, 4) is 0 Å². The Balaban J connectivity index is 1.97. The second kappa shape index (κ2) is 6.65. The molecule has 0 unspecified atom stereocenters. The van der Waals surface area contributed by atoms with Crippen molar-refractivity contribution in [2.75, 3.05) is 0 Å². The van der Waals surface area contributed by atoms with Gasteiger partial charge in [-0.3, -0.25) is 4.79 Å². The van der Waals surface area contributed by atoms with Gasteiger partial charge in [-0.2, -0.15) is 0 Å². The summed E-state index contributed by atoms with van der Waals surface area (Å²) in [5.41, 5.74) is 1.75. The molecule has 0 aromatic heterocycles. The monoisotopic (exact) mass is 309 g/mol. The maximum absolute atomic E-state index is 12.1. The van der Waals surface area contributed by atoms with E-state index in [4.69, 9.17) is 0 Å². The van der Waals surface area contributed by atoms with Gasteiger partial charge in [-0.1, -0.05) is 60.7 Å². The van der Waals surface area contributed by atoms with Gasteiger partial charge in [0, 0.05) is 11.8 Å². The van der Waals surface area contributed by atoms with Gasteiger partial charge in [-0.05, 0) is 24.0 Å². The van der Waals surface area contributed by atoms with Crippen molar-refractivity contribution in [1.82, 2.24) is 5.32 Å². The smallest absolute Gasteiger partial charge is 0.327 e. The van der Waals surface area contributed by atoms with E-state index in [1.807, 2.05) is 60.7 Å². The van der Waals surface area contributed by atoms with Crippen LogP contribution in [0.25, 0.3) is 0 Å². The summed E-state index contributed by atoms with van der Waals surface area (Å²) in [6.07, 6.45) is 1.69. The fourth-order valence-electron chi connectivity index (χ4n) is 2.80. The minimum absolute atomic E-state index is 0.0240. The summed E-state index contributed by atoms with van der Waals surface area (Å²) in [7, 11) is 0. The standard InChI is InChI=1S/C19H19NO3/c21-18(15-11-12-15)20-17(19(22)23)16(13-7-3-1-4-8-13)14-9-5-2-6-10-14/h1-10,15-17H,11-12H2,(H,20,21)(H,22,23)/t17-/m0/s1. The van der Waals surface area contributed by atoms with Crippen molar-refractivity contribution >= 4 is 11.9 Å². The molecule has 3 rings (SSSR count). The molecule has 0 spiro atoms. The van der Waals surface area contributed by atoms with Crippen LogP contribution in [0.5, 0.6) is 0 Å². The van der Waals surface area contributed by atoms with Crippen LogP contribution in [0.2, 0.25) is 0 Å². The van der Waals surface area contributed by atoms with Crippen molar-refractivity contribution in [2.24, 2.45) is 5.92 Å². The number of carbonyl (C=O) groups excluding carboxylic acids is 1. The van der Waals surface area contributed by atoms with Crippen molar-refractivity contribution in [3.63, 3.8) is 0 Å². The number of carboxylic acid groups (broad SMARTS) is 1. The minimum Gasteiger partial charge on any atom is -0.480 e. The summed E-state index contributed by atoms with van der Waals surface area (Å²) in [4.78, 5) is 24.0. The molecule has 0 bridgehead atoms. The summed E-state index contributed by atoms with van der Waals surface area (Å²) in [5.74, 6) is -1.62. The molecule has 0 aliphatic heterocycles. The lowest BCUT2D eigenvalue weighted by Gasteiger charge is -2.26. The number of nitrogens with one attached hydrogen (secondary N) is 1. The molecule has 4 heteroatoms. The largest absolute Gasteiger partial charge is 0.480 e. The van der Waals surface area contributed by atoms with Crippen LogP contribution < -0.4 is 5.32 Å². The lowest BCUT2D eigenvalue weighted by molar-refractivity contribution is -0.142. The Kier molecular flexibility index (Phi) is 4.42. The normalized spacial score (nSPS) is 15.2. The highest BCUT2D eigenvalue weighted by Crippen LogP contribution is 2.32. The third kappa shape index (κ3) is 3.59. The Bertz CT molecular complexity index is 641. The zero-order valence-electron chi connectivity index (χ0n) is 12.7. The number of hydrogen-bond donors (Lipinski definition) is 2. The first kappa shape index (κ1) is 15.3. The zero-order chi connectivity index (χ0) is 16.2. The first-order valence-electron chi connectivity index (χ1n) is 7.80. The van der Waals surface area contributed by atoms with E-state index in [0.29, 0.717) is 0 Å². The van der Waals surface area contributed by atoms with Crippen molar-refractivity contribution in [1.29, 1.82) is 0 Å². The molecule has 4 nitrogen and oxygen atoms in total. The first-order valence-corrected chi connectivity index (χ1v) is 7.80. The molecule has 1 amide bonds. The Morgan fingerprint density at radius 3 is 1.78 bits per heavy atom. The van der Waals surface area contributed by atoms with Crippen molar-refractivity contribution in [2.45, 2.75) is 24.8 Å². The molecule has 1 aliphatic rings. The number of carbonyl (C=O) groups is 2. The van der Waals surface area contributed by atoms with E-state index in [1.54, 1.807) is 0 Å². The Labute approximate surface area is 135 Å². The average Bonchev–Trinajstić information content (AvgIpc) is 3.41. The molecular weight excluding hydrogens is 290 g/mol. The zero-order valence-corrected chi connectivity index (χ0v) is 12.7. The van der Waals surface area contributed by atoms with E-state index < -0.39 is 17.9 Å². The fourth-order valence-corrected chi connectivity index (χ4v) is 2.80. The second-order valence-electron chi connectivity index (χ2n) is 5.90. The number of hydrogen-bond acceptors (Lipinski definition) is 2. The van der Waals surface area contributed by atoms with Gasteiger partial charge < -0.3 is 10.4 Å². The minimum atomic E-state index is -1.02. The van der Waals surface area contributed by atoms with Gasteiger partial charge in [0.2, 0.25) is 5.91 Å². The third-order valence-electron chi connectivity index (χ3n) is 4.16. The lowest BCUT2D eigenvalue weighted by atomic mass is 9.85. The number of rotatable bonds is 6. The molecule has 1 atom stereocenters. The summed E-state index contributed by atoms with van der Waals surface area (Å²) in [5, 5.41) is 12.4. The van der Waals surface area contributed by atoms with E-state index >= 15 is 0 Å². The quantitative estimate of drug-likeness (QED) is 0.862. The predicted octanol–water partition coefficient (Wildman–Crippen LogP) is 2.80. The third-order valence-corrected chi connectivity index (χ3v) is 4.16. The molecule has 2 aromatic carbocycles. The van der Waals surface area contributed by atoms with Crippen LogP contribution in [-0.2, 0) is 9.59 Å². The molecule has 1 saturated carbocycles. The topological polar surface area (TPSA) is 66.4 Å². The van der Waals surface area contributed by atoms with E-state index in [0.717, 1.165) is 24.0 Å². The number of amides is 1. The molecular formula is C19H19NO3. The van der Waals surface area contributed by atoms with E-state index in [2.05, 4.69) is 5.32 Å². The molecule has 2 aromatic rings. The Morgan fingerprint density at radius 2 is 1.39 bits per heavy atom. The number of aliphatic carboxylic acids is 1. The second-order valence-corrected chi connectivity index (χ2v) is 5.90. The Hall–Kier alpha value is -2.62. The van der Waals surface area contributed by atoms with Crippen LogP contribution in [0.3, 0.4) is 0 Å². The highest BCUT2D eigenvalue weighted by atomic mass is 16.4. The fraction of sp³-hybridized carbons (Fsp3) is 0.263. The van der Waals surface area contributed by atoms with Gasteiger partial charge >= 0.3 is 5.97 Å². The van der Waals surface area contributed by atoms with Crippen LogP contribution >= 0.6 is 0 Å². The van der Waals surface area contributed by atoms with Crippen LogP contribution in [0.4, 0.5) is 0 Å². The first-order chi connectivity index (χ1) is 11.2. The summed E-state index contributed by atoms with van der Waals surface area (Å²) in [6, 6.07) is 17.9. The molecule has 2 N–H and O–H groups in total. The van der Waals surface area contributed by atoms with Gasteiger partial charge in [-0.15, -0.1) is 0 Å². The SMILES string of the molecule is O=C(N[C@H](C(=O)O)C(c1ccccc1)c1ccccc1)C1CC1. The molecule has 0 heterocycles. The Morgan fingerprint density at radius 1 is 0.913 bits per heavy atom. The van der Waals surface area contributed by atoms with Crippen LogP contribution in [-0.4, -0.2) is 23.0 Å². The highest BCUT2D eigenvalue weighted by molar-refractivity contribution is 5.87. The molecule has 1 fully saturated rings. The average molecular weight is 309 g/mol. The molecule has 118 valence electrons. The molecule has 1 aliphatic carbocycles. The highest BCUT2D eigenvalue weighted by Gasteiger charge is 2.37. The van der Waals surface area contributed by atoms with Gasteiger partial charge in [0.15, 0.2) is 0 Å². The maximum atomic E-state index is 12.1. The lowest BCUT2D eigenvalue weighted by Crippen LogP contribution is -2.46. The van der Waals surface area contributed by atoms with Crippen molar-refractivity contribution in [3.05, 3.63) is 71.8 Å². The van der Waals surface area contributed by atoms with Crippen LogP contribution in [0.1, 0.15) is 29.9 Å². The number of benzene rings is 2. The summed E-state index contributed by atoms with van der Waals surface area (Å²) < 4.78 is 0. The van der Waals surface area contributed by atoms with Crippen LogP contribution in [0.15, 0.2) is 60.7 Å². The van der Waals surface area contributed by atoms with E-state index in [1.165, 1.54) is 0 Å². The molecule has 0 saturated heterocycles.